The third-order valence-electron chi connectivity index (χ3n) is 1.57. The van der Waals surface area contributed by atoms with E-state index in [0.717, 1.165) is 6.08 Å². The van der Waals surface area contributed by atoms with Gasteiger partial charge in [-0.25, -0.2) is 0 Å². The maximum atomic E-state index is 11.1. The number of hydrogen-bond acceptors (Lipinski definition) is 3. The first-order chi connectivity index (χ1) is 6.27. The smallest absolute Gasteiger partial charge is 0.872 e. The Balaban J connectivity index is 0.00000169. The molecule has 4 heteroatoms. The molecule has 0 heterocycles. The molecule has 0 aliphatic rings. The standard InChI is InChI=1S/C10H9NO2.Na/c1-13-9-4-2-8(3-5-9)10(12)6-7-11;/h2-6,12H,1H3;/q;+1/p-1. The normalized spacial score (nSPS) is 9.86. The van der Waals surface area contributed by atoms with Crippen molar-refractivity contribution in [1.29, 1.82) is 5.26 Å². The molecule has 0 amide bonds. The minimum absolute atomic E-state index is 0. The van der Waals surface area contributed by atoms with Crippen LogP contribution in [-0.4, -0.2) is 7.11 Å². The number of hydrogen-bond donors (Lipinski definition) is 0. The number of nitriles is 1. The molecule has 0 N–H and O–H groups in total. The van der Waals surface area contributed by atoms with Crippen LogP contribution in [0, 0.1) is 11.3 Å². The monoisotopic (exact) mass is 197 g/mol. The van der Waals surface area contributed by atoms with Gasteiger partial charge in [-0.2, -0.15) is 5.26 Å². The largest absolute Gasteiger partial charge is 1.00 e. The van der Waals surface area contributed by atoms with E-state index in [1.807, 2.05) is 0 Å². The van der Waals surface area contributed by atoms with Gasteiger partial charge in [0.1, 0.15) is 5.75 Å². The fourth-order valence-corrected chi connectivity index (χ4v) is 0.897. The van der Waals surface area contributed by atoms with Crippen molar-refractivity contribution >= 4 is 5.76 Å². The summed E-state index contributed by atoms with van der Waals surface area (Å²) in [5.41, 5.74) is 0.488. The van der Waals surface area contributed by atoms with Gasteiger partial charge < -0.3 is 9.84 Å². The topological polar surface area (TPSA) is 56.1 Å². The molecule has 0 aromatic heterocycles. The second kappa shape index (κ2) is 6.50. The van der Waals surface area contributed by atoms with Crippen molar-refractivity contribution in [3.8, 4) is 11.8 Å². The van der Waals surface area contributed by atoms with Gasteiger partial charge in [-0.15, -0.1) is 0 Å². The van der Waals surface area contributed by atoms with Crippen molar-refractivity contribution in [2.75, 3.05) is 7.11 Å². The maximum Gasteiger partial charge on any atom is 1.00 e. The van der Waals surface area contributed by atoms with Crippen LogP contribution >= 0.6 is 0 Å². The van der Waals surface area contributed by atoms with E-state index in [2.05, 4.69) is 0 Å². The van der Waals surface area contributed by atoms with E-state index in [1.165, 1.54) is 0 Å². The fourth-order valence-electron chi connectivity index (χ4n) is 0.897. The van der Waals surface area contributed by atoms with Gasteiger partial charge in [0.2, 0.25) is 0 Å². The van der Waals surface area contributed by atoms with Crippen LogP contribution in [0.4, 0.5) is 0 Å². The molecule has 1 aromatic rings. The second-order valence-corrected chi connectivity index (χ2v) is 2.37. The molecule has 0 atom stereocenters. The van der Waals surface area contributed by atoms with Crippen LogP contribution in [0.2, 0.25) is 0 Å². The second-order valence-electron chi connectivity index (χ2n) is 2.37. The van der Waals surface area contributed by atoms with Crippen molar-refractivity contribution in [1.82, 2.24) is 0 Å². The summed E-state index contributed by atoms with van der Waals surface area (Å²) >= 11 is 0. The average molecular weight is 197 g/mol. The van der Waals surface area contributed by atoms with E-state index < -0.39 is 0 Å². The Morgan fingerprint density at radius 1 is 1.43 bits per heavy atom. The molecule has 3 nitrogen and oxygen atoms in total. The van der Waals surface area contributed by atoms with Gasteiger partial charge in [0, 0.05) is 6.08 Å². The Bertz CT molecular complexity index is 351. The van der Waals surface area contributed by atoms with E-state index in [0.29, 0.717) is 11.3 Å². The minimum atomic E-state index is -0.287. The summed E-state index contributed by atoms with van der Waals surface area (Å²) in [6.07, 6.45) is 0.974. The molecule has 1 aromatic carbocycles. The molecular weight excluding hydrogens is 189 g/mol. The van der Waals surface area contributed by atoms with Gasteiger partial charge in [-0.3, -0.25) is 0 Å². The van der Waals surface area contributed by atoms with Crippen LogP contribution in [0.15, 0.2) is 30.3 Å². The molecule has 1 rings (SSSR count). The summed E-state index contributed by atoms with van der Waals surface area (Å²) in [6, 6.07) is 8.29. The Labute approximate surface area is 105 Å². The van der Waals surface area contributed by atoms with E-state index in [-0.39, 0.29) is 35.3 Å². The molecule has 0 aliphatic heterocycles. The summed E-state index contributed by atoms with van der Waals surface area (Å²) in [6.45, 7) is 0. The van der Waals surface area contributed by atoms with Crippen LogP contribution < -0.4 is 39.4 Å². The van der Waals surface area contributed by atoms with Crippen molar-refractivity contribution in [2.24, 2.45) is 0 Å². The molecule has 0 saturated heterocycles. The molecule has 0 radical (unpaired) electrons. The van der Waals surface area contributed by atoms with Crippen molar-refractivity contribution in [3.05, 3.63) is 35.9 Å². The Hall–Kier alpha value is -0.950. The third-order valence-corrected chi connectivity index (χ3v) is 1.57. The van der Waals surface area contributed by atoms with Gasteiger partial charge >= 0.3 is 29.6 Å². The van der Waals surface area contributed by atoms with Crippen molar-refractivity contribution in [2.45, 2.75) is 0 Å². The van der Waals surface area contributed by atoms with Crippen molar-refractivity contribution < 1.29 is 39.4 Å². The molecule has 0 unspecified atom stereocenters. The summed E-state index contributed by atoms with van der Waals surface area (Å²) in [4.78, 5) is 0. The van der Waals surface area contributed by atoms with Gasteiger partial charge in [-0.05, 0) is 17.7 Å². The van der Waals surface area contributed by atoms with Crippen LogP contribution in [0.25, 0.3) is 5.76 Å². The van der Waals surface area contributed by atoms with E-state index in [9.17, 15) is 5.11 Å². The van der Waals surface area contributed by atoms with E-state index >= 15 is 0 Å². The van der Waals surface area contributed by atoms with Gasteiger partial charge in [0.05, 0.1) is 13.2 Å². The molecule has 66 valence electrons. The zero-order valence-electron chi connectivity index (χ0n) is 8.15. The summed E-state index contributed by atoms with van der Waals surface area (Å²) in [5.74, 6) is 0.402. The Morgan fingerprint density at radius 3 is 2.43 bits per heavy atom. The molecule has 0 spiro atoms. The number of nitrogens with zero attached hydrogens (tertiary/aromatic N) is 1. The first-order valence-corrected chi connectivity index (χ1v) is 3.69. The first kappa shape index (κ1) is 13.1. The van der Waals surface area contributed by atoms with Crippen LogP contribution in [0.5, 0.6) is 5.75 Å². The molecule has 14 heavy (non-hydrogen) atoms. The predicted octanol–water partition coefficient (Wildman–Crippen LogP) is -2.08. The predicted molar refractivity (Wildman–Crippen MR) is 46.6 cm³/mol. The fraction of sp³-hybridized carbons (Fsp3) is 0.100. The van der Waals surface area contributed by atoms with Crippen molar-refractivity contribution in [3.63, 3.8) is 0 Å². The maximum absolute atomic E-state index is 11.1. The Kier molecular flexibility index (Phi) is 6.06. The number of methoxy groups -OCH3 is 1. The molecule has 0 fully saturated rings. The summed E-state index contributed by atoms with van der Waals surface area (Å²) in [5, 5.41) is 19.4. The van der Waals surface area contributed by atoms with Crippen LogP contribution in [-0.2, 0) is 0 Å². The summed E-state index contributed by atoms with van der Waals surface area (Å²) < 4.78 is 4.92. The average Bonchev–Trinajstić information content (AvgIpc) is 2.18. The first-order valence-electron chi connectivity index (χ1n) is 3.69. The molecular formula is C10H8NNaO2. The molecule has 0 bridgehead atoms. The van der Waals surface area contributed by atoms with Gasteiger partial charge in [0.15, 0.2) is 0 Å². The molecule has 0 saturated carbocycles. The number of allylic oxidation sites excluding steroid dienone is 1. The van der Waals surface area contributed by atoms with Gasteiger partial charge in [-0.1, -0.05) is 17.9 Å². The van der Waals surface area contributed by atoms with Crippen LogP contribution in [0.1, 0.15) is 5.56 Å². The zero-order chi connectivity index (χ0) is 9.68. The number of benzene rings is 1. The van der Waals surface area contributed by atoms with E-state index in [1.54, 1.807) is 37.4 Å². The quantitative estimate of drug-likeness (QED) is 0.311. The summed E-state index contributed by atoms with van der Waals surface area (Å²) in [7, 11) is 1.55. The number of ether oxygens (including phenoxy) is 1. The molecule has 0 aliphatic carbocycles. The third kappa shape index (κ3) is 3.43. The minimum Gasteiger partial charge on any atom is -0.872 e. The SMILES string of the molecule is COc1ccc(C([O-])=CC#N)cc1.[Na+]. The number of rotatable bonds is 2. The van der Waals surface area contributed by atoms with E-state index in [4.69, 9.17) is 10.00 Å². The van der Waals surface area contributed by atoms with Gasteiger partial charge in [0.25, 0.3) is 0 Å². The zero-order valence-corrected chi connectivity index (χ0v) is 10.2. The Morgan fingerprint density at radius 2 is 2.00 bits per heavy atom. The van der Waals surface area contributed by atoms with Crippen LogP contribution in [0.3, 0.4) is 0 Å².